The van der Waals surface area contributed by atoms with E-state index in [1.807, 2.05) is 0 Å². The van der Waals surface area contributed by atoms with Gasteiger partial charge in [0.25, 0.3) is 0 Å². The Hall–Kier alpha value is -0.490. The van der Waals surface area contributed by atoms with Crippen molar-refractivity contribution < 1.29 is 13.0 Å². The summed E-state index contributed by atoms with van der Waals surface area (Å²) in [6.45, 7) is 0. The lowest BCUT2D eigenvalue weighted by atomic mass is 10.3. The van der Waals surface area contributed by atoms with E-state index in [2.05, 4.69) is 20.3 Å². The van der Waals surface area contributed by atoms with Crippen LogP contribution in [0.2, 0.25) is 0 Å². The number of halogens is 3. The van der Waals surface area contributed by atoms with Gasteiger partial charge in [-0.1, -0.05) is 0 Å². The lowest BCUT2D eigenvalue weighted by Crippen LogP contribution is -2.23. The molecule has 1 aromatic carbocycles. The Kier molecular flexibility index (Phi) is 2.81. The molecule has 1 aliphatic heterocycles. The minimum Gasteiger partial charge on any atom is -0.249 e. The summed E-state index contributed by atoms with van der Waals surface area (Å²) in [5, 5.41) is 0. The Bertz CT molecular complexity index is 513. The van der Waals surface area contributed by atoms with Crippen LogP contribution < -0.4 is 0 Å². The van der Waals surface area contributed by atoms with Gasteiger partial charge < -0.3 is 0 Å². The third-order valence-electron chi connectivity index (χ3n) is 2.20. The highest BCUT2D eigenvalue weighted by atomic mass is 79.9. The molecule has 0 saturated carbocycles. The van der Waals surface area contributed by atoms with E-state index in [-0.39, 0.29) is 4.47 Å². The van der Waals surface area contributed by atoms with Crippen molar-refractivity contribution in [1.29, 1.82) is 0 Å². The van der Waals surface area contributed by atoms with Crippen LogP contribution in [0.4, 0.5) is 14.5 Å². The van der Waals surface area contributed by atoms with Crippen molar-refractivity contribution in [3.05, 3.63) is 28.2 Å². The number of hydrogen-bond acceptors (Lipinski definition) is 2. The zero-order chi connectivity index (χ0) is 11.1. The van der Waals surface area contributed by atoms with Crippen molar-refractivity contribution in [2.24, 2.45) is 4.36 Å². The summed E-state index contributed by atoms with van der Waals surface area (Å²) in [6.07, 6.45) is 0.805. The molecular formula is C9H8BrF2NOS. The zero-order valence-electron chi connectivity index (χ0n) is 7.67. The van der Waals surface area contributed by atoms with E-state index in [1.54, 1.807) is 0 Å². The Morgan fingerprint density at radius 1 is 1.33 bits per heavy atom. The smallest absolute Gasteiger partial charge is 0.166 e. The van der Waals surface area contributed by atoms with Gasteiger partial charge in [0.15, 0.2) is 11.6 Å². The Morgan fingerprint density at radius 2 is 2.00 bits per heavy atom. The third kappa shape index (κ3) is 2.06. The van der Waals surface area contributed by atoms with Gasteiger partial charge in [0.1, 0.15) is 5.69 Å². The van der Waals surface area contributed by atoms with Crippen LogP contribution in [0, 0.1) is 11.6 Å². The second-order valence-electron chi connectivity index (χ2n) is 3.32. The second-order valence-corrected chi connectivity index (χ2v) is 6.72. The average Bonchev–Trinajstić information content (AvgIpc) is 2.16. The number of benzene rings is 1. The molecule has 0 aliphatic carbocycles. The van der Waals surface area contributed by atoms with Crippen molar-refractivity contribution in [3.63, 3.8) is 0 Å². The molecule has 1 fully saturated rings. The molecule has 1 aliphatic rings. The summed E-state index contributed by atoms with van der Waals surface area (Å²) in [5.74, 6) is -0.702. The van der Waals surface area contributed by atoms with Crippen LogP contribution in [-0.4, -0.2) is 15.7 Å². The van der Waals surface area contributed by atoms with Crippen LogP contribution in [0.25, 0.3) is 0 Å². The zero-order valence-corrected chi connectivity index (χ0v) is 10.1. The van der Waals surface area contributed by atoms with Gasteiger partial charge in [0, 0.05) is 11.5 Å². The van der Waals surface area contributed by atoms with E-state index in [4.69, 9.17) is 0 Å². The molecule has 15 heavy (non-hydrogen) atoms. The van der Waals surface area contributed by atoms with Crippen LogP contribution in [-0.2, 0) is 9.73 Å². The second kappa shape index (κ2) is 3.83. The molecule has 1 heterocycles. The molecular weight excluding hydrogens is 288 g/mol. The monoisotopic (exact) mass is 295 g/mol. The van der Waals surface area contributed by atoms with Crippen LogP contribution in [0.15, 0.2) is 21.0 Å². The fourth-order valence-electron chi connectivity index (χ4n) is 1.25. The number of rotatable bonds is 1. The molecule has 0 N–H and O–H groups in total. The number of nitrogens with zero attached hydrogens (tertiary/aromatic N) is 1. The van der Waals surface area contributed by atoms with Gasteiger partial charge >= 0.3 is 0 Å². The van der Waals surface area contributed by atoms with Gasteiger partial charge in [-0.3, -0.25) is 0 Å². The quantitative estimate of drug-likeness (QED) is 0.732. The van der Waals surface area contributed by atoms with E-state index in [0.717, 1.165) is 12.5 Å². The molecule has 6 heteroatoms. The Morgan fingerprint density at radius 3 is 2.53 bits per heavy atom. The average molecular weight is 296 g/mol. The van der Waals surface area contributed by atoms with Crippen LogP contribution in [0.5, 0.6) is 0 Å². The molecule has 0 spiro atoms. The Labute approximate surface area is 95.0 Å². The summed E-state index contributed by atoms with van der Waals surface area (Å²) in [6, 6.07) is 2.37. The van der Waals surface area contributed by atoms with E-state index in [1.165, 1.54) is 6.07 Å². The van der Waals surface area contributed by atoms with E-state index in [0.29, 0.717) is 11.5 Å². The van der Waals surface area contributed by atoms with Crippen LogP contribution in [0.3, 0.4) is 0 Å². The first kappa shape index (κ1) is 11.0. The highest BCUT2D eigenvalue weighted by Gasteiger charge is 2.22. The molecule has 2 rings (SSSR count). The first-order chi connectivity index (χ1) is 7.02. The summed E-state index contributed by atoms with van der Waals surface area (Å²) >= 11 is 2.93. The lowest BCUT2D eigenvalue weighted by molar-refractivity contribution is 0.582. The third-order valence-corrected chi connectivity index (χ3v) is 5.18. The highest BCUT2D eigenvalue weighted by Crippen LogP contribution is 2.31. The minimum atomic E-state index is -2.38. The molecule has 0 amide bonds. The highest BCUT2D eigenvalue weighted by molar-refractivity contribution is 9.10. The molecule has 82 valence electrons. The van der Waals surface area contributed by atoms with Crippen LogP contribution in [0.1, 0.15) is 6.42 Å². The SMILES string of the molecule is O=S1(=Nc2c(F)ccc(Br)c2F)CCC1. The topological polar surface area (TPSA) is 29.4 Å². The van der Waals surface area contributed by atoms with Crippen molar-refractivity contribution in [3.8, 4) is 0 Å². The summed E-state index contributed by atoms with van der Waals surface area (Å²) in [5.41, 5.74) is -0.422. The Balaban J connectivity index is 2.58. The van der Waals surface area contributed by atoms with Crippen molar-refractivity contribution in [1.82, 2.24) is 0 Å². The van der Waals surface area contributed by atoms with Gasteiger partial charge in [0.05, 0.1) is 14.2 Å². The maximum atomic E-state index is 13.4. The fraction of sp³-hybridized carbons (Fsp3) is 0.333. The standard InChI is InChI=1S/C9H8BrF2NOS/c10-6-2-3-7(11)9(8(6)12)13-15(14)4-1-5-15/h2-3H,1,4-5H2. The maximum absolute atomic E-state index is 13.4. The van der Waals surface area contributed by atoms with E-state index >= 15 is 0 Å². The van der Waals surface area contributed by atoms with Gasteiger partial charge in [0.2, 0.25) is 0 Å². The number of hydrogen-bond donors (Lipinski definition) is 0. The fourth-order valence-corrected chi connectivity index (χ4v) is 3.03. The first-order valence-electron chi connectivity index (χ1n) is 4.38. The molecule has 0 radical (unpaired) electrons. The minimum absolute atomic E-state index is 0.130. The molecule has 1 saturated heterocycles. The van der Waals surface area contributed by atoms with Crippen molar-refractivity contribution >= 4 is 31.3 Å². The van der Waals surface area contributed by atoms with E-state index < -0.39 is 27.1 Å². The van der Waals surface area contributed by atoms with Crippen molar-refractivity contribution in [2.75, 3.05) is 11.5 Å². The molecule has 1 aromatic rings. The molecule has 2 nitrogen and oxygen atoms in total. The molecule has 0 aromatic heterocycles. The molecule has 0 atom stereocenters. The molecule has 0 bridgehead atoms. The predicted molar refractivity (Wildman–Crippen MR) is 58.6 cm³/mol. The summed E-state index contributed by atoms with van der Waals surface area (Å²) in [4.78, 5) is 0. The maximum Gasteiger partial charge on any atom is 0.166 e. The van der Waals surface area contributed by atoms with Gasteiger partial charge in [-0.05, 0) is 34.5 Å². The van der Waals surface area contributed by atoms with E-state index in [9.17, 15) is 13.0 Å². The van der Waals surface area contributed by atoms with Gasteiger partial charge in [-0.25, -0.2) is 13.0 Å². The summed E-state index contributed by atoms with van der Waals surface area (Å²) in [7, 11) is -2.38. The van der Waals surface area contributed by atoms with Crippen LogP contribution >= 0.6 is 15.9 Å². The lowest BCUT2D eigenvalue weighted by Gasteiger charge is -2.18. The summed E-state index contributed by atoms with van der Waals surface area (Å²) < 4.78 is 42.2. The normalized spacial score (nSPS) is 18.3. The van der Waals surface area contributed by atoms with Gasteiger partial charge in [-0.2, -0.15) is 4.36 Å². The van der Waals surface area contributed by atoms with Gasteiger partial charge in [-0.15, -0.1) is 0 Å². The predicted octanol–water partition coefficient (Wildman–Crippen LogP) is 3.23. The largest absolute Gasteiger partial charge is 0.249 e. The molecule has 0 unspecified atom stereocenters. The first-order valence-corrected chi connectivity index (χ1v) is 7.02. The van der Waals surface area contributed by atoms with Crippen molar-refractivity contribution in [2.45, 2.75) is 6.42 Å².